The van der Waals surface area contributed by atoms with Crippen molar-refractivity contribution in [3.05, 3.63) is 11.1 Å². The van der Waals surface area contributed by atoms with Gasteiger partial charge in [0.1, 0.15) is 6.33 Å². The number of hydrogen-bond acceptors (Lipinski definition) is 4. The molecule has 1 aliphatic heterocycles. The molecule has 2 aliphatic rings. The molecule has 0 amide bonds. The van der Waals surface area contributed by atoms with Crippen LogP contribution in [0.2, 0.25) is 0 Å². The molecule has 0 radical (unpaired) electrons. The van der Waals surface area contributed by atoms with Crippen LogP contribution in [0.1, 0.15) is 18.9 Å². The summed E-state index contributed by atoms with van der Waals surface area (Å²) < 4.78 is 10.2. The van der Waals surface area contributed by atoms with Crippen molar-refractivity contribution >= 4 is 12.2 Å². The third-order valence-electron chi connectivity index (χ3n) is 3.14. The third kappa shape index (κ3) is 2.05. The molecule has 0 bridgehead atoms. The molecule has 3 rings (SSSR count). The van der Waals surface area contributed by atoms with Gasteiger partial charge in [-0.05, 0) is 25.1 Å². The Morgan fingerprint density at radius 1 is 1.38 bits per heavy atom. The highest BCUT2D eigenvalue weighted by Crippen LogP contribution is 2.34. The molecular weight excluding hydrogens is 224 g/mol. The van der Waals surface area contributed by atoms with Crippen LogP contribution in [-0.2, 0) is 11.4 Å². The van der Waals surface area contributed by atoms with Gasteiger partial charge in [0.15, 0.2) is 4.77 Å². The number of ether oxygens (including phenoxy) is 1. The van der Waals surface area contributed by atoms with Gasteiger partial charge >= 0.3 is 0 Å². The van der Waals surface area contributed by atoms with Crippen molar-refractivity contribution in [3.63, 3.8) is 0 Å². The van der Waals surface area contributed by atoms with E-state index in [0.717, 1.165) is 37.7 Å². The van der Waals surface area contributed by atoms with Crippen molar-refractivity contribution in [2.45, 2.75) is 25.6 Å². The summed E-state index contributed by atoms with van der Waals surface area (Å²) >= 11 is 5.42. The fourth-order valence-electron chi connectivity index (χ4n) is 1.98. The summed E-state index contributed by atoms with van der Waals surface area (Å²) in [7, 11) is 0. The minimum Gasteiger partial charge on any atom is -0.379 e. The SMILES string of the molecule is S=c1n(C2CC2)cnn1CN1CCOCC1. The highest BCUT2D eigenvalue weighted by atomic mass is 32.1. The molecule has 2 fully saturated rings. The second kappa shape index (κ2) is 4.27. The van der Waals surface area contributed by atoms with Gasteiger partial charge in [0.2, 0.25) is 0 Å². The fraction of sp³-hybridized carbons (Fsp3) is 0.800. The van der Waals surface area contributed by atoms with Crippen LogP contribution in [0.3, 0.4) is 0 Å². The zero-order chi connectivity index (χ0) is 11.0. The van der Waals surface area contributed by atoms with Crippen molar-refractivity contribution in [3.8, 4) is 0 Å². The Morgan fingerprint density at radius 3 is 2.81 bits per heavy atom. The van der Waals surface area contributed by atoms with Gasteiger partial charge in [0, 0.05) is 19.1 Å². The molecule has 88 valence electrons. The number of nitrogens with zero attached hydrogens (tertiary/aromatic N) is 4. The van der Waals surface area contributed by atoms with Crippen molar-refractivity contribution < 1.29 is 4.74 Å². The lowest BCUT2D eigenvalue weighted by Gasteiger charge is -2.26. The average molecular weight is 240 g/mol. The molecular formula is C10H16N4OS. The van der Waals surface area contributed by atoms with Gasteiger partial charge in [-0.3, -0.25) is 4.90 Å². The molecule has 6 heteroatoms. The lowest BCUT2D eigenvalue weighted by atomic mass is 10.4. The van der Waals surface area contributed by atoms with Crippen LogP contribution < -0.4 is 0 Å². The van der Waals surface area contributed by atoms with Crippen LogP contribution in [-0.4, -0.2) is 45.6 Å². The van der Waals surface area contributed by atoms with E-state index in [9.17, 15) is 0 Å². The number of morpholine rings is 1. The van der Waals surface area contributed by atoms with Crippen LogP contribution in [0.15, 0.2) is 6.33 Å². The van der Waals surface area contributed by atoms with Crippen LogP contribution in [0, 0.1) is 4.77 Å². The zero-order valence-electron chi connectivity index (χ0n) is 9.21. The minimum atomic E-state index is 0.617. The Bertz CT molecular complexity index is 417. The van der Waals surface area contributed by atoms with Gasteiger partial charge in [0.25, 0.3) is 0 Å². The first-order chi connectivity index (χ1) is 7.84. The van der Waals surface area contributed by atoms with E-state index in [1.54, 1.807) is 0 Å². The van der Waals surface area contributed by atoms with Crippen LogP contribution in [0.25, 0.3) is 0 Å². The summed E-state index contributed by atoms with van der Waals surface area (Å²) in [6, 6.07) is 0.617. The maximum atomic E-state index is 5.42. The lowest BCUT2D eigenvalue weighted by molar-refractivity contribution is 0.0209. The highest BCUT2D eigenvalue weighted by Gasteiger charge is 2.25. The molecule has 1 saturated heterocycles. The summed E-state index contributed by atoms with van der Waals surface area (Å²) in [4.78, 5) is 2.32. The first-order valence-electron chi connectivity index (χ1n) is 5.78. The molecule has 16 heavy (non-hydrogen) atoms. The Balaban J connectivity index is 1.71. The van der Waals surface area contributed by atoms with Crippen LogP contribution in [0.4, 0.5) is 0 Å². The minimum absolute atomic E-state index is 0.617. The van der Waals surface area contributed by atoms with E-state index in [1.165, 1.54) is 12.8 Å². The Kier molecular flexibility index (Phi) is 2.79. The van der Waals surface area contributed by atoms with Crippen molar-refractivity contribution in [2.24, 2.45) is 0 Å². The van der Waals surface area contributed by atoms with Crippen molar-refractivity contribution in [1.82, 2.24) is 19.2 Å². The maximum absolute atomic E-state index is 5.42. The Morgan fingerprint density at radius 2 is 2.12 bits per heavy atom. The Labute approximate surface area is 99.6 Å². The normalized spacial score (nSPS) is 22.5. The molecule has 0 unspecified atom stereocenters. The van der Waals surface area contributed by atoms with Crippen LogP contribution >= 0.6 is 12.2 Å². The predicted octanol–water partition coefficient (Wildman–Crippen LogP) is 1.04. The zero-order valence-corrected chi connectivity index (χ0v) is 10.0. The van der Waals surface area contributed by atoms with Gasteiger partial charge in [0.05, 0.1) is 19.9 Å². The average Bonchev–Trinajstić information content (AvgIpc) is 3.08. The summed E-state index contributed by atoms with van der Waals surface area (Å²) in [5.41, 5.74) is 0. The quantitative estimate of drug-likeness (QED) is 0.740. The maximum Gasteiger partial charge on any atom is 0.199 e. The largest absolute Gasteiger partial charge is 0.379 e. The van der Waals surface area contributed by atoms with E-state index >= 15 is 0 Å². The van der Waals surface area contributed by atoms with E-state index in [1.807, 2.05) is 11.0 Å². The predicted molar refractivity (Wildman–Crippen MR) is 61.7 cm³/mol. The van der Waals surface area contributed by atoms with Crippen molar-refractivity contribution in [2.75, 3.05) is 26.3 Å². The molecule has 0 atom stereocenters. The molecule has 1 saturated carbocycles. The molecule has 1 aromatic heterocycles. The fourth-order valence-corrected chi connectivity index (χ4v) is 2.28. The number of aromatic nitrogens is 3. The smallest absolute Gasteiger partial charge is 0.199 e. The van der Waals surface area contributed by atoms with E-state index in [0.29, 0.717) is 6.04 Å². The topological polar surface area (TPSA) is 35.2 Å². The molecule has 1 aromatic rings. The second-order valence-corrected chi connectivity index (χ2v) is 4.79. The third-order valence-corrected chi connectivity index (χ3v) is 3.56. The van der Waals surface area contributed by atoms with Gasteiger partial charge < -0.3 is 9.30 Å². The van der Waals surface area contributed by atoms with E-state index < -0.39 is 0 Å². The van der Waals surface area contributed by atoms with E-state index in [2.05, 4.69) is 14.6 Å². The highest BCUT2D eigenvalue weighted by molar-refractivity contribution is 7.71. The molecule has 0 spiro atoms. The standard InChI is InChI=1S/C10H16N4OS/c16-10-13(9-1-2-9)7-11-14(10)8-12-3-5-15-6-4-12/h7,9H,1-6,8H2. The number of hydrogen-bond donors (Lipinski definition) is 0. The van der Waals surface area contributed by atoms with Crippen LogP contribution in [0.5, 0.6) is 0 Å². The van der Waals surface area contributed by atoms with Gasteiger partial charge in [-0.1, -0.05) is 0 Å². The lowest BCUT2D eigenvalue weighted by Crippen LogP contribution is -2.37. The molecule has 1 aliphatic carbocycles. The molecule has 0 aromatic carbocycles. The molecule has 2 heterocycles. The van der Waals surface area contributed by atoms with Crippen molar-refractivity contribution in [1.29, 1.82) is 0 Å². The summed E-state index contributed by atoms with van der Waals surface area (Å²) in [5.74, 6) is 0. The first-order valence-corrected chi connectivity index (χ1v) is 6.19. The molecule has 5 nitrogen and oxygen atoms in total. The van der Waals surface area contributed by atoms with Gasteiger partial charge in [-0.15, -0.1) is 0 Å². The summed E-state index contributed by atoms with van der Waals surface area (Å²) in [6.45, 7) is 4.37. The Hall–Kier alpha value is -0.720. The monoisotopic (exact) mass is 240 g/mol. The second-order valence-electron chi connectivity index (χ2n) is 4.42. The van der Waals surface area contributed by atoms with E-state index in [-0.39, 0.29) is 0 Å². The molecule has 0 N–H and O–H groups in total. The van der Waals surface area contributed by atoms with Gasteiger partial charge in [-0.2, -0.15) is 5.10 Å². The summed E-state index contributed by atoms with van der Waals surface area (Å²) in [5, 5.41) is 4.36. The number of rotatable bonds is 3. The van der Waals surface area contributed by atoms with Gasteiger partial charge in [-0.25, -0.2) is 4.68 Å². The summed E-state index contributed by atoms with van der Waals surface area (Å²) in [6.07, 6.45) is 4.37. The first kappa shape index (κ1) is 10.4. The van der Waals surface area contributed by atoms with E-state index in [4.69, 9.17) is 17.0 Å².